The Hall–Kier alpha value is -2.05. The summed E-state index contributed by atoms with van der Waals surface area (Å²) in [5.74, 6) is 0.186. The van der Waals surface area contributed by atoms with Crippen LogP contribution in [0.25, 0.3) is 0 Å². The largest absolute Gasteiger partial charge is 0.416 e. The summed E-state index contributed by atoms with van der Waals surface area (Å²) in [7, 11) is 0. The Morgan fingerprint density at radius 2 is 2.17 bits per heavy atom. The van der Waals surface area contributed by atoms with Crippen LogP contribution < -0.4 is 5.32 Å². The summed E-state index contributed by atoms with van der Waals surface area (Å²) in [6.45, 7) is 2.21. The fourth-order valence-corrected chi connectivity index (χ4v) is 1.44. The predicted molar refractivity (Wildman–Crippen MR) is 59.9 cm³/mol. The molecule has 0 aromatic carbocycles. The monoisotopic (exact) mass is 256 g/mol. The first-order chi connectivity index (χ1) is 8.47. The van der Waals surface area contributed by atoms with Gasteiger partial charge in [-0.05, 0) is 19.1 Å². The van der Waals surface area contributed by atoms with Crippen molar-refractivity contribution in [1.29, 1.82) is 0 Å². The first-order valence-electron chi connectivity index (χ1n) is 5.23. The van der Waals surface area contributed by atoms with Crippen molar-refractivity contribution in [3.05, 3.63) is 41.3 Å². The molecule has 0 bridgehead atoms. The minimum absolute atomic E-state index is 0.186. The van der Waals surface area contributed by atoms with Crippen molar-refractivity contribution in [2.45, 2.75) is 19.6 Å². The second-order valence-corrected chi connectivity index (χ2v) is 3.80. The van der Waals surface area contributed by atoms with E-state index in [4.69, 9.17) is 0 Å². The molecule has 0 saturated heterocycles. The summed E-state index contributed by atoms with van der Waals surface area (Å²) in [4.78, 5) is 3.84. The second-order valence-electron chi connectivity index (χ2n) is 3.80. The highest BCUT2D eigenvalue weighted by atomic mass is 19.4. The maximum atomic E-state index is 12.5. The summed E-state index contributed by atoms with van der Waals surface area (Å²) in [6.07, 6.45) is -1.60. The lowest BCUT2D eigenvalue weighted by Gasteiger charge is -2.09. The molecule has 0 saturated carbocycles. The molecule has 0 fully saturated rings. The summed E-state index contributed by atoms with van der Waals surface area (Å²) in [5.41, 5.74) is 1.03. The van der Waals surface area contributed by atoms with Gasteiger partial charge in [-0.2, -0.15) is 18.3 Å². The zero-order valence-corrected chi connectivity index (χ0v) is 9.54. The van der Waals surface area contributed by atoms with Crippen LogP contribution in [0.5, 0.6) is 0 Å². The van der Waals surface area contributed by atoms with Crippen molar-refractivity contribution in [2.24, 2.45) is 0 Å². The number of nitrogens with one attached hydrogen (secondary N) is 2. The summed E-state index contributed by atoms with van der Waals surface area (Å²) < 4.78 is 37.4. The van der Waals surface area contributed by atoms with Crippen LogP contribution in [0.3, 0.4) is 0 Å². The highest BCUT2D eigenvalue weighted by Crippen LogP contribution is 2.29. The number of pyridine rings is 1. The van der Waals surface area contributed by atoms with Gasteiger partial charge in [0.2, 0.25) is 0 Å². The van der Waals surface area contributed by atoms with Gasteiger partial charge in [0.05, 0.1) is 11.8 Å². The van der Waals surface area contributed by atoms with E-state index in [2.05, 4.69) is 20.5 Å². The van der Waals surface area contributed by atoms with Crippen LogP contribution in [0, 0.1) is 6.92 Å². The molecule has 0 aliphatic carbocycles. The van der Waals surface area contributed by atoms with Gasteiger partial charge >= 0.3 is 6.18 Å². The van der Waals surface area contributed by atoms with Crippen LogP contribution in [0.4, 0.5) is 19.0 Å². The van der Waals surface area contributed by atoms with Crippen LogP contribution in [0.2, 0.25) is 0 Å². The topological polar surface area (TPSA) is 53.6 Å². The third-order valence-corrected chi connectivity index (χ3v) is 2.48. The SMILES string of the molecule is Cc1[nH]ncc1CNc1cc(C(F)(F)F)ccn1. The molecule has 0 atom stereocenters. The zero-order valence-electron chi connectivity index (χ0n) is 9.54. The average molecular weight is 256 g/mol. The first-order valence-corrected chi connectivity index (χ1v) is 5.23. The van der Waals surface area contributed by atoms with Crippen molar-refractivity contribution >= 4 is 5.82 Å². The van der Waals surface area contributed by atoms with E-state index in [9.17, 15) is 13.2 Å². The second kappa shape index (κ2) is 4.67. The number of aromatic nitrogens is 3. The number of rotatable bonds is 3. The molecule has 0 unspecified atom stereocenters. The molecule has 0 aliphatic heterocycles. The Morgan fingerprint density at radius 1 is 1.39 bits per heavy atom. The van der Waals surface area contributed by atoms with Crippen LogP contribution in [0.1, 0.15) is 16.8 Å². The van der Waals surface area contributed by atoms with Gasteiger partial charge in [-0.25, -0.2) is 4.98 Å². The van der Waals surface area contributed by atoms with Crippen LogP contribution in [0.15, 0.2) is 24.5 Å². The van der Waals surface area contributed by atoms with Gasteiger partial charge in [-0.15, -0.1) is 0 Å². The van der Waals surface area contributed by atoms with Crippen molar-refractivity contribution in [3.63, 3.8) is 0 Å². The van der Waals surface area contributed by atoms with Crippen molar-refractivity contribution < 1.29 is 13.2 Å². The quantitative estimate of drug-likeness (QED) is 0.887. The van der Waals surface area contributed by atoms with E-state index in [1.54, 1.807) is 6.20 Å². The van der Waals surface area contributed by atoms with Gasteiger partial charge in [0.15, 0.2) is 0 Å². The fourth-order valence-electron chi connectivity index (χ4n) is 1.44. The molecule has 0 aliphatic rings. The van der Waals surface area contributed by atoms with E-state index in [0.29, 0.717) is 6.54 Å². The average Bonchev–Trinajstić information content (AvgIpc) is 2.72. The smallest absolute Gasteiger partial charge is 0.366 e. The lowest BCUT2D eigenvalue weighted by atomic mass is 10.2. The Bertz CT molecular complexity index is 533. The predicted octanol–water partition coefficient (Wildman–Crippen LogP) is 2.74. The number of hydrogen-bond acceptors (Lipinski definition) is 3. The molecular formula is C11H11F3N4. The number of aromatic amines is 1. The number of alkyl halides is 3. The van der Waals surface area contributed by atoms with Crippen LogP contribution in [-0.4, -0.2) is 15.2 Å². The van der Waals surface area contributed by atoms with Gasteiger partial charge in [-0.1, -0.05) is 0 Å². The number of H-pyrrole nitrogens is 1. The van der Waals surface area contributed by atoms with Gasteiger partial charge < -0.3 is 5.32 Å². The molecular weight excluding hydrogens is 245 g/mol. The van der Waals surface area contributed by atoms with Gasteiger partial charge in [-0.3, -0.25) is 5.10 Å². The van der Waals surface area contributed by atoms with Crippen molar-refractivity contribution in [3.8, 4) is 0 Å². The number of aryl methyl sites for hydroxylation is 1. The maximum absolute atomic E-state index is 12.5. The summed E-state index contributed by atoms with van der Waals surface area (Å²) in [6, 6.07) is 1.92. The molecule has 2 aromatic rings. The molecule has 18 heavy (non-hydrogen) atoms. The standard InChI is InChI=1S/C11H11F3N4/c1-7-8(6-17-18-7)5-16-10-4-9(2-3-15-10)11(12,13)14/h2-4,6H,5H2,1H3,(H,15,16)(H,17,18). The fraction of sp³-hybridized carbons (Fsp3) is 0.273. The Labute approximate surface area is 101 Å². The summed E-state index contributed by atoms with van der Waals surface area (Å²) >= 11 is 0. The minimum Gasteiger partial charge on any atom is -0.366 e. The first kappa shape index (κ1) is 12.4. The molecule has 7 heteroatoms. The highest BCUT2D eigenvalue weighted by molar-refractivity contribution is 5.39. The molecule has 2 heterocycles. The molecule has 96 valence electrons. The minimum atomic E-state index is -4.36. The lowest BCUT2D eigenvalue weighted by Crippen LogP contribution is -2.07. The maximum Gasteiger partial charge on any atom is 0.416 e. The van der Waals surface area contributed by atoms with Gasteiger partial charge in [0.1, 0.15) is 5.82 Å². The number of hydrogen-bond donors (Lipinski definition) is 2. The summed E-state index contributed by atoms with van der Waals surface area (Å²) in [5, 5.41) is 9.40. The number of halogens is 3. The van der Waals surface area contributed by atoms with E-state index in [1.807, 2.05) is 6.92 Å². The van der Waals surface area contributed by atoms with E-state index in [-0.39, 0.29) is 5.82 Å². The lowest BCUT2D eigenvalue weighted by molar-refractivity contribution is -0.137. The Kier molecular flexibility index (Phi) is 3.22. The molecule has 0 spiro atoms. The Morgan fingerprint density at radius 3 is 2.78 bits per heavy atom. The third-order valence-electron chi connectivity index (χ3n) is 2.48. The van der Waals surface area contributed by atoms with Gasteiger partial charge in [0, 0.05) is 24.0 Å². The van der Waals surface area contributed by atoms with E-state index < -0.39 is 11.7 Å². The molecule has 4 nitrogen and oxygen atoms in total. The number of nitrogens with zero attached hydrogens (tertiary/aromatic N) is 2. The van der Waals surface area contributed by atoms with E-state index in [0.717, 1.165) is 29.6 Å². The van der Waals surface area contributed by atoms with E-state index in [1.165, 1.54) is 0 Å². The molecule has 2 aromatic heterocycles. The molecule has 0 radical (unpaired) electrons. The Balaban J connectivity index is 2.09. The van der Waals surface area contributed by atoms with Crippen LogP contribution in [-0.2, 0) is 12.7 Å². The van der Waals surface area contributed by atoms with Crippen molar-refractivity contribution in [1.82, 2.24) is 15.2 Å². The third kappa shape index (κ3) is 2.79. The molecule has 0 amide bonds. The van der Waals surface area contributed by atoms with Gasteiger partial charge in [0.25, 0.3) is 0 Å². The zero-order chi connectivity index (χ0) is 13.2. The molecule has 2 rings (SSSR count). The highest BCUT2D eigenvalue weighted by Gasteiger charge is 2.30. The van der Waals surface area contributed by atoms with E-state index >= 15 is 0 Å². The number of anilines is 1. The normalized spacial score (nSPS) is 11.6. The molecule has 2 N–H and O–H groups in total. The van der Waals surface area contributed by atoms with Crippen LogP contribution >= 0.6 is 0 Å². The van der Waals surface area contributed by atoms with Crippen molar-refractivity contribution in [2.75, 3.05) is 5.32 Å².